The molecule has 3 heterocycles. The Morgan fingerprint density at radius 3 is 2.53 bits per heavy atom. The molecule has 0 unspecified atom stereocenters. The van der Waals surface area contributed by atoms with Crippen LogP contribution in [0.4, 0.5) is 23.8 Å². The smallest absolute Gasteiger partial charge is 0.434 e. The highest BCUT2D eigenvalue weighted by molar-refractivity contribution is 7.13. The molecule has 0 saturated heterocycles. The highest BCUT2D eigenvalue weighted by Gasteiger charge is 2.34. The second kappa shape index (κ2) is 11.7. The third-order valence-electron chi connectivity index (χ3n) is 5.87. The van der Waals surface area contributed by atoms with Gasteiger partial charge in [0.2, 0.25) is 5.88 Å². The van der Waals surface area contributed by atoms with Crippen LogP contribution >= 0.6 is 11.3 Å². The molecule has 14 heteroatoms. The number of ether oxygens (including phenoxy) is 1. The molecule has 0 aromatic carbocycles. The number of hydrogen-bond acceptors (Lipinski definition) is 8. The monoisotopic (exact) mass is 549 g/mol. The lowest BCUT2D eigenvalue weighted by Gasteiger charge is -2.24. The second-order valence-corrected chi connectivity index (χ2v) is 9.42. The number of anilines is 1. The van der Waals surface area contributed by atoms with Crippen LogP contribution in [0.25, 0.3) is 21.7 Å². The maximum absolute atomic E-state index is 13.4. The molecular formula is C24H26F3N7O3S. The van der Waals surface area contributed by atoms with Crippen molar-refractivity contribution in [1.82, 2.24) is 25.7 Å². The molecule has 5 N–H and O–H groups in total. The van der Waals surface area contributed by atoms with Crippen molar-refractivity contribution < 1.29 is 27.5 Å². The van der Waals surface area contributed by atoms with Crippen molar-refractivity contribution in [3.8, 4) is 27.6 Å². The van der Waals surface area contributed by atoms with Crippen LogP contribution in [0.5, 0.6) is 5.88 Å². The van der Waals surface area contributed by atoms with E-state index in [2.05, 4.69) is 25.6 Å². The number of alkyl halides is 3. The summed E-state index contributed by atoms with van der Waals surface area (Å²) in [5.41, 5.74) is 2.00. The van der Waals surface area contributed by atoms with Gasteiger partial charge in [-0.2, -0.15) is 13.2 Å². The van der Waals surface area contributed by atoms with Crippen LogP contribution in [0.3, 0.4) is 0 Å². The zero-order valence-electron chi connectivity index (χ0n) is 20.4. The van der Waals surface area contributed by atoms with Crippen LogP contribution in [0.1, 0.15) is 55.1 Å². The van der Waals surface area contributed by atoms with E-state index in [-0.39, 0.29) is 33.9 Å². The Morgan fingerprint density at radius 2 is 1.87 bits per heavy atom. The number of halogens is 3. The Balaban J connectivity index is 1.86. The molecule has 0 radical (unpaired) electrons. The molecule has 0 spiro atoms. The van der Waals surface area contributed by atoms with Crippen LogP contribution < -0.4 is 26.6 Å². The summed E-state index contributed by atoms with van der Waals surface area (Å²) in [6.07, 6.45) is 2.71. The van der Waals surface area contributed by atoms with Gasteiger partial charge in [-0.1, -0.05) is 6.42 Å². The molecule has 4 rings (SSSR count). The van der Waals surface area contributed by atoms with Crippen LogP contribution in [-0.4, -0.2) is 39.5 Å². The van der Waals surface area contributed by atoms with Gasteiger partial charge in [0, 0.05) is 41.0 Å². The number of nitrogens with two attached hydrogens (primary N) is 1. The van der Waals surface area contributed by atoms with E-state index >= 15 is 0 Å². The second-order valence-electron chi connectivity index (χ2n) is 8.56. The average molecular weight is 550 g/mol. The quantitative estimate of drug-likeness (QED) is 0.189. The minimum absolute atomic E-state index is 0.0333. The lowest BCUT2D eigenvalue weighted by Crippen LogP contribution is -2.30. The van der Waals surface area contributed by atoms with Gasteiger partial charge in [-0.05, 0) is 44.7 Å². The topological polar surface area (TPSA) is 144 Å². The normalized spacial score (nSPS) is 14.1. The number of urea groups is 1. The highest BCUT2D eigenvalue weighted by atomic mass is 32.1. The summed E-state index contributed by atoms with van der Waals surface area (Å²) < 4.78 is 46.3. The molecule has 1 saturated carbocycles. The lowest BCUT2D eigenvalue weighted by molar-refractivity contribution is -0.140. The molecule has 38 heavy (non-hydrogen) atoms. The van der Waals surface area contributed by atoms with Crippen LogP contribution in [0, 0.1) is 0 Å². The summed E-state index contributed by atoms with van der Waals surface area (Å²) >= 11 is 0.785. The third kappa shape index (κ3) is 6.37. The number of rotatable bonds is 7. The number of hydrazine groups is 1. The van der Waals surface area contributed by atoms with Crippen LogP contribution in [0.15, 0.2) is 29.9 Å². The van der Waals surface area contributed by atoms with Crippen molar-refractivity contribution >= 4 is 29.1 Å². The molecule has 10 nitrogen and oxygen atoms in total. The number of thiazole rings is 1. The highest BCUT2D eigenvalue weighted by Crippen LogP contribution is 2.41. The fourth-order valence-corrected chi connectivity index (χ4v) is 4.91. The van der Waals surface area contributed by atoms with E-state index in [1.807, 2.05) is 5.43 Å². The number of pyridine rings is 2. The van der Waals surface area contributed by atoms with E-state index in [0.717, 1.165) is 48.8 Å². The van der Waals surface area contributed by atoms with Gasteiger partial charge >= 0.3 is 12.2 Å². The predicted octanol–water partition coefficient (Wildman–Crippen LogP) is 4.74. The van der Waals surface area contributed by atoms with Crippen LogP contribution in [-0.2, 0) is 6.18 Å². The maximum Gasteiger partial charge on any atom is 0.434 e. The maximum atomic E-state index is 13.4. The number of nitrogens with zero attached hydrogens (tertiary/aromatic N) is 3. The minimum Gasteiger partial charge on any atom is -0.474 e. The Bertz CT molecular complexity index is 1310. The molecule has 202 valence electrons. The van der Waals surface area contributed by atoms with E-state index in [1.54, 1.807) is 6.92 Å². The van der Waals surface area contributed by atoms with E-state index in [4.69, 9.17) is 10.6 Å². The Labute approximate surface area is 220 Å². The minimum atomic E-state index is -4.64. The van der Waals surface area contributed by atoms with Gasteiger partial charge < -0.3 is 10.1 Å². The molecule has 1 aliphatic rings. The molecule has 0 atom stereocenters. The van der Waals surface area contributed by atoms with Gasteiger partial charge in [0.1, 0.15) is 16.9 Å². The van der Waals surface area contributed by atoms with Crippen molar-refractivity contribution in [1.29, 1.82) is 0 Å². The van der Waals surface area contributed by atoms with Crippen molar-refractivity contribution in [3.63, 3.8) is 0 Å². The first-order valence-electron chi connectivity index (χ1n) is 12.0. The first-order chi connectivity index (χ1) is 18.2. The van der Waals surface area contributed by atoms with E-state index in [9.17, 15) is 22.8 Å². The third-order valence-corrected chi connectivity index (χ3v) is 6.75. The van der Waals surface area contributed by atoms with Crippen molar-refractivity contribution in [2.24, 2.45) is 5.84 Å². The summed E-state index contributed by atoms with van der Waals surface area (Å²) in [7, 11) is 0. The zero-order chi connectivity index (χ0) is 27.3. The van der Waals surface area contributed by atoms with Crippen molar-refractivity contribution in [3.05, 3.63) is 41.2 Å². The Hall–Kier alpha value is -3.78. The lowest BCUT2D eigenvalue weighted by atomic mass is 9.97. The number of nitrogens with one attached hydrogen (secondary N) is 3. The number of hydrogen-bond donors (Lipinski definition) is 4. The molecule has 3 aromatic rings. The number of carbonyl (C=O) groups excluding carboxylic acids is 2. The summed E-state index contributed by atoms with van der Waals surface area (Å²) in [6, 6.07) is 2.38. The number of carbonyl (C=O) groups is 2. The molecule has 1 aliphatic carbocycles. The average Bonchev–Trinajstić information content (AvgIpc) is 3.40. The van der Waals surface area contributed by atoms with Gasteiger partial charge in [0.15, 0.2) is 5.69 Å². The van der Waals surface area contributed by atoms with Crippen LogP contribution in [0.2, 0.25) is 0 Å². The van der Waals surface area contributed by atoms with Crippen molar-refractivity contribution in [2.75, 3.05) is 11.9 Å². The van der Waals surface area contributed by atoms with Crippen molar-refractivity contribution in [2.45, 2.75) is 51.3 Å². The number of nitrogen functional groups attached to an aromatic ring is 1. The van der Waals surface area contributed by atoms with Gasteiger partial charge in [-0.3, -0.25) is 15.5 Å². The Kier molecular flexibility index (Phi) is 8.42. The molecular weight excluding hydrogens is 523 g/mol. The van der Waals surface area contributed by atoms with Gasteiger partial charge in [0.05, 0.1) is 5.56 Å². The SMILES string of the molecule is CCNC(=O)Nc1cc(-c2nc(C(F)(F)F)cs2)c(-c2cc(C(=O)NN)cnc2OC2CCCCC2)cn1. The van der Waals surface area contributed by atoms with E-state index in [0.29, 0.717) is 17.7 Å². The van der Waals surface area contributed by atoms with Gasteiger partial charge in [-0.25, -0.2) is 25.6 Å². The molecule has 3 amide bonds. The molecule has 3 aromatic heterocycles. The molecule has 1 fully saturated rings. The number of aromatic nitrogens is 3. The summed E-state index contributed by atoms with van der Waals surface area (Å²) in [4.78, 5) is 36.8. The largest absolute Gasteiger partial charge is 0.474 e. The first-order valence-corrected chi connectivity index (χ1v) is 12.8. The number of amides is 3. The van der Waals surface area contributed by atoms with E-state index < -0.39 is 23.8 Å². The standard InChI is InChI=1S/C24H26F3N7O3S/c1-2-29-23(36)33-19-9-16(22-32-18(12-38-22)24(25,26)27)17(11-30-19)15-8-13(20(35)34-28)10-31-21(15)37-14-6-4-3-5-7-14/h8-12,14H,2-7,28H2,1H3,(H,34,35)(H2,29,30,33,36). The fourth-order valence-electron chi connectivity index (χ4n) is 4.05. The Morgan fingerprint density at radius 1 is 1.11 bits per heavy atom. The molecule has 0 aliphatic heterocycles. The molecule has 0 bridgehead atoms. The van der Waals surface area contributed by atoms with Gasteiger partial charge in [0.25, 0.3) is 5.91 Å². The van der Waals surface area contributed by atoms with Gasteiger partial charge in [-0.15, -0.1) is 11.3 Å². The summed E-state index contributed by atoms with van der Waals surface area (Å²) in [5, 5.41) is 6.06. The predicted molar refractivity (Wildman–Crippen MR) is 135 cm³/mol. The van der Waals surface area contributed by atoms with E-state index in [1.165, 1.54) is 24.5 Å². The summed E-state index contributed by atoms with van der Waals surface area (Å²) in [5.74, 6) is 4.99. The first kappa shape index (κ1) is 27.3. The zero-order valence-corrected chi connectivity index (χ0v) is 21.2. The fraction of sp³-hybridized carbons (Fsp3) is 0.375. The summed E-state index contributed by atoms with van der Waals surface area (Å²) in [6.45, 7) is 2.10.